The van der Waals surface area contributed by atoms with E-state index in [-0.39, 0.29) is 17.1 Å². The summed E-state index contributed by atoms with van der Waals surface area (Å²) in [5, 5.41) is 5.41. The topological polar surface area (TPSA) is 84.8 Å². The van der Waals surface area contributed by atoms with Crippen LogP contribution in [-0.2, 0) is 14.5 Å². The Morgan fingerprint density at radius 1 is 1.53 bits per heavy atom. The Balaban J connectivity index is 2.24. The molecule has 8 nitrogen and oxygen atoms in total. The number of carbonyl (C=O) groups excluding carboxylic acids is 1. The van der Waals surface area contributed by atoms with Crippen LogP contribution >= 0.6 is 39.5 Å². The van der Waals surface area contributed by atoms with E-state index in [2.05, 4.69) is 31.2 Å². The minimum absolute atomic E-state index is 0.0379. The molecule has 2 atom stereocenters. The lowest BCUT2D eigenvalue weighted by Crippen LogP contribution is -2.51. The van der Waals surface area contributed by atoms with Gasteiger partial charge in [0.25, 0.3) is 0 Å². The van der Waals surface area contributed by atoms with E-state index in [4.69, 9.17) is 26.7 Å². The largest absolute Gasteiger partial charge is 0.443 e. The van der Waals surface area contributed by atoms with Crippen LogP contribution in [0, 0.1) is 0 Å². The van der Waals surface area contributed by atoms with E-state index < -0.39 is 11.7 Å². The van der Waals surface area contributed by atoms with Crippen molar-refractivity contribution in [1.29, 1.82) is 0 Å². The summed E-state index contributed by atoms with van der Waals surface area (Å²) in [7, 11) is 0. The van der Waals surface area contributed by atoms with E-state index in [9.17, 15) is 4.79 Å². The second kappa shape index (κ2) is 11.2. The minimum Gasteiger partial charge on any atom is -0.443 e. The number of carbonyl (C=O) groups is 1. The van der Waals surface area contributed by atoms with Crippen LogP contribution in [0.2, 0.25) is 0 Å². The van der Waals surface area contributed by atoms with Crippen molar-refractivity contribution in [2.75, 3.05) is 19.7 Å². The number of thiophene rings is 1. The van der Waals surface area contributed by atoms with Crippen LogP contribution in [0.5, 0.6) is 0 Å². The first-order valence-corrected chi connectivity index (χ1v) is 11.6. The van der Waals surface area contributed by atoms with Gasteiger partial charge in [0.1, 0.15) is 11.4 Å². The summed E-state index contributed by atoms with van der Waals surface area (Å²) in [6.45, 7) is 10.7. The number of amides is 1. The highest BCUT2D eigenvalue weighted by atomic mass is 79.9. The van der Waals surface area contributed by atoms with Gasteiger partial charge in [-0.05, 0) is 61.9 Å². The molecule has 11 heteroatoms. The highest BCUT2D eigenvalue weighted by Gasteiger charge is 2.36. The predicted octanol–water partition coefficient (Wildman–Crippen LogP) is 4.50. The molecule has 0 saturated heterocycles. The number of hydrogen-bond acceptors (Lipinski definition) is 7. The molecule has 2 rings (SSSR count). The summed E-state index contributed by atoms with van der Waals surface area (Å²) >= 11 is 10.5. The average molecular weight is 519 g/mol. The molecule has 30 heavy (non-hydrogen) atoms. The summed E-state index contributed by atoms with van der Waals surface area (Å²) in [5.41, 5.74) is -0.603. The average Bonchev–Trinajstić information content (AvgIpc) is 3.30. The number of amidine groups is 1. The zero-order valence-corrected chi connectivity index (χ0v) is 20.9. The van der Waals surface area contributed by atoms with Gasteiger partial charge in [-0.25, -0.2) is 4.79 Å². The van der Waals surface area contributed by atoms with Crippen LogP contribution in [0.4, 0.5) is 4.79 Å². The van der Waals surface area contributed by atoms with E-state index in [1.807, 2.05) is 39.1 Å². The second-order valence-corrected chi connectivity index (χ2v) is 9.74. The van der Waals surface area contributed by atoms with E-state index >= 15 is 0 Å². The van der Waals surface area contributed by atoms with Gasteiger partial charge < -0.3 is 14.9 Å². The number of thiocarbonyl (C=S) groups is 1. The maximum absolute atomic E-state index is 12.8. The number of nitrogens with zero attached hydrogens (tertiary/aromatic N) is 3. The third-order valence-electron chi connectivity index (χ3n) is 3.98. The van der Waals surface area contributed by atoms with Crippen LogP contribution in [0.1, 0.15) is 45.4 Å². The van der Waals surface area contributed by atoms with Gasteiger partial charge in [-0.15, -0.1) is 11.3 Å². The molecule has 0 radical (unpaired) electrons. The molecular formula is C19H27BrN4O4S2. The molecule has 0 saturated carbocycles. The molecule has 1 aromatic heterocycles. The number of hydrogen-bond donors (Lipinski definition) is 1. The van der Waals surface area contributed by atoms with Crippen molar-refractivity contribution >= 4 is 62.9 Å². The Morgan fingerprint density at radius 2 is 2.27 bits per heavy atom. The molecular weight excluding hydrogens is 492 g/mol. The van der Waals surface area contributed by atoms with Crippen LogP contribution in [-0.4, -0.2) is 59.7 Å². The number of halogens is 1. The smallest absolute Gasteiger partial charge is 0.415 e. The Kier molecular flexibility index (Phi) is 9.20. The summed E-state index contributed by atoms with van der Waals surface area (Å²) in [5.74, 6) is 0.536. The van der Waals surface area contributed by atoms with Crippen molar-refractivity contribution in [3.8, 4) is 0 Å². The molecule has 1 aromatic rings. The first-order chi connectivity index (χ1) is 14.1. The van der Waals surface area contributed by atoms with Crippen molar-refractivity contribution in [2.45, 2.75) is 52.2 Å². The Bertz CT molecular complexity index is 807. The number of rotatable bonds is 7. The van der Waals surface area contributed by atoms with Gasteiger partial charge in [-0.1, -0.05) is 6.92 Å². The fourth-order valence-corrected chi connectivity index (χ4v) is 4.43. The normalized spacial score (nSPS) is 16.3. The number of aliphatic imine (C=N–C) groups is 2. The van der Waals surface area contributed by atoms with Crippen molar-refractivity contribution in [2.24, 2.45) is 9.98 Å². The molecule has 0 aromatic carbocycles. The van der Waals surface area contributed by atoms with Gasteiger partial charge >= 0.3 is 6.09 Å². The lowest BCUT2D eigenvalue weighted by molar-refractivity contribution is -0.211. The van der Waals surface area contributed by atoms with Crippen LogP contribution in [0.25, 0.3) is 0 Å². The number of ether oxygens (including phenoxy) is 1. The Morgan fingerprint density at radius 3 is 2.87 bits per heavy atom. The maximum Gasteiger partial charge on any atom is 0.415 e. The van der Waals surface area contributed by atoms with E-state index in [0.29, 0.717) is 25.5 Å². The van der Waals surface area contributed by atoms with Gasteiger partial charge in [0, 0.05) is 20.6 Å². The molecule has 0 spiro atoms. The van der Waals surface area contributed by atoms with Gasteiger partial charge in [0.15, 0.2) is 5.11 Å². The Labute approximate surface area is 194 Å². The lowest BCUT2D eigenvalue weighted by Gasteiger charge is -2.31. The first kappa shape index (κ1) is 24.7. The summed E-state index contributed by atoms with van der Waals surface area (Å²) in [6.07, 6.45) is 0.698. The van der Waals surface area contributed by atoms with E-state index in [0.717, 1.165) is 15.8 Å². The standard InChI is InChI=1S/C19H27BrN4O4S2/c1-6-26-27-11-22-17(29)23-15(12(2)14-9-13(20)10-30-14)16-21-7-8-24(16)18(25)28-19(3,4)5/h9-12,15H,6-8H2,1-5H3,(H,23,29). The second-order valence-electron chi connectivity index (χ2n) is 7.49. The number of nitrogens with one attached hydrogen (secondary N) is 1. The van der Waals surface area contributed by atoms with Crippen LogP contribution < -0.4 is 5.32 Å². The van der Waals surface area contributed by atoms with Gasteiger partial charge in [0.05, 0.1) is 25.7 Å². The maximum atomic E-state index is 12.8. The Hall–Kier alpha value is -1.56. The van der Waals surface area contributed by atoms with E-state index in [1.165, 1.54) is 0 Å². The highest BCUT2D eigenvalue weighted by molar-refractivity contribution is 9.10. The zero-order valence-electron chi connectivity index (χ0n) is 17.7. The van der Waals surface area contributed by atoms with Crippen molar-refractivity contribution in [1.82, 2.24) is 10.2 Å². The molecule has 0 fully saturated rings. The van der Waals surface area contributed by atoms with Crippen molar-refractivity contribution in [3.63, 3.8) is 0 Å². The van der Waals surface area contributed by atoms with Crippen molar-refractivity contribution < 1.29 is 19.3 Å². The first-order valence-electron chi connectivity index (χ1n) is 9.52. The summed E-state index contributed by atoms with van der Waals surface area (Å²) in [6, 6.07) is 1.66. The fraction of sp³-hybridized carbons (Fsp3) is 0.579. The molecule has 0 aliphatic carbocycles. The molecule has 2 heterocycles. The zero-order chi connectivity index (χ0) is 22.3. The van der Waals surface area contributed by atoms with Gasteiger partial charge in [-0.3, -0.25) is 9.89 Å². The van der Waals surface area contributed by atoms with Gasteiger partial charge in [-0.2, -0.15) is 9.88 Å². The molecule has 1 aliphatic rings. The molecule has 1 aliphatic heterocycles. The third-order valence-corrected chi connectivity index (χ3v) is 6.10. The quantitative estimate of drug-likeness (QED) is 0.143. The van der Waals surface area contributed by atoms with Crippen LogP contribution in [0.15, 0.2) is 25.9 Å². The molecule has 2 unspecified atom stereocenters. The third kappa shape index (κ3) is 7.29. The predicted molar refractivity (Wildman–Crippen MR) is 126 cm³/mol. The van der Waals surface area contributed by atoms with Gasteiger partial charge in [0.2, 0.25) is 6.40 Å². The highest BCUT2D eigenvalue weighted by Crippen LogP contribution is 2.31. The summed E-state index contributed by atoms with van der Waals surface area (Å²) in [4.78, 5) is 33.6. The molecule has 0 bridgehead atoms. The molecule has 1 amide bonds. The summed E-state index contributed by atoms with van der Waals surface area (Å²) < 4.78 is 6.56. The van der Waals surface area contributed by atoms with Crippen molar-refractivity contribution in [3.05, 3.63) is 20.8 Å². The minimum atomic E-state index is -0.603. The fourth-order valence-electron chi connectivity index (χ4n) is 2.72. The molecule has 1 N–H and O–H groups in total. The lowest BCUT2D eigenvalue weighted by atomic mass is 9.98. The molecule has 166 valence electrons. The SMILES string of the molecule is CCOOC=NC(=S)NC(C1=NCCN1C(=O)OC(C)(C)C)C(C)c1cc(Br)cs1. The van der Waals surface area contributed by atoms with E-state index in [1.54, 1.807) is 23.2 Å². The van der Waals surface area contributed by atoms with Crippen LogP contribution in [0.3, 0.4) is 0 Å². The monoisotopic (exact) mass is 518 g/mol.